The van der Waals surface area contributed by atoms with Crippen LogP contribution in [0.15, 0.2) is 77.5 Å². The number of rotatable bonds is 5. The molecule has 0 N–H and O–H groups in total. The second kappa shape index (κ2) is 13.1. The Morgan fingerprint density at radius 2 is 0.620 bits per heavy atom. The van der Waals surface area contributed by atoms with Crippen LogP contribution in [0.3, 0.4) is 0 Å². The molecule has 0 aromatic heterocycles. The van der Waals surface area contributed by atoms with Crippen LogP contribution in [-0.4, -0.2) is 8.07 Å². The van der Waals surface area contributed by atoms with Crippen LogP contribution < -0.4 is 15.6 Å². The van der Waals surface area contributed by atoms with Crippen molar-refractivity contribution in [3.63, 3.8) is 0 Å². The second-order valence-electron chi connectivity index (χ2n) is 21.6. The van der Waals surface area contributed by atoms with E-state index in [4.69, 9.17) is 0 Å². The zero-order valence-corrected chi connectivity index (χ0v) is 36.8. The van der Waals surface area contributed by atoms with Gasteiger partial charge in [0.25, 0.3) is 0 Å². The molecule has 0 fully saturated rings. The minimum absolute atomic E-state index is 0.0112. The van der Waals surface area contributed by atoms with Gasteiger partial charge in [0.1, 0.15) is 0 Å². The highest BCUT2D eigenvalue weighted by molar-refractivity contribution is 7.16. The fourth-order valence-corrected chi connectivity index (χ4v) is 12.7. The third-order valence-electron chi connectivity index (χ3n) is 11.1. The fraction of sp³-hybridized carbons (Fsp3) is 0.551. The molecule has 1 heteroatoms. The van der Waals surface area contributed by atoms with Crippen molar-refractivity contribution in [2.24, 2.45) is 0 Å². The van der Waals surface area contributed by atoms with Crippen LogP contribution in [0.4, 0.5) is 0 Å². The summed E-state index contributed by atoms with van der Waals surface area (Å²) in [5, 5.41) is 6.18. The number of hydrogen-bond donors (Lipinski definition) is 0. The van der Waals surface area contributed by atoms with E-state index in [-0.39, 0.29) is 32.5 Å². The molecule has 0 radical (unpaired) electrons. The Kier molecular flexibility index (Phi) is 10.5. The van der Waals surface area contributed by atoms with Crippen LogP contribution in [0.1, 0.15) is 178 Å². The van der Waals surface area contributed by atoms with Gasteiger partial charge in [-0.3, -0.25) is 0 Å². The molecule has 0 amide bonds. The molecule has 0 heterocycles. The lowest BCUT2D eigenvalue weighted by Gasteiger charge is -2.41. The third-order valence-corrected chi connectivity index (χ3v) is 15.9. The average Bonchev–Trinajstić information content (AvgIpc) is 3.43. The molecular formula is C49H72Si. The maximum Gasteiger partial charge on any atom is 0.179 e. The number of allylic oxidation sites excluding steroid dienone is 4. The quantitative estimate of drug-likeness (QED) is 0.185. The average molecular weight is 689 g/mol. The Bertz CT molecular complexity index is 1500. The molecule has 3 aromatic rings. The Morgan fingerprint density at radius 3 is 0.820 bits per heavy atom. The maximum absolute atomic E-state index is 2.94. The number of benzene rings is 3. The molecule has 0 spiro atoms. The lowest BCUT2D eigenvalue weighted by atomic mass is 9.80. The van der Waals surface area contributed by atoms with Crippen LogP contribution >= 0.6 is 0 Å². The lowest BCUT2D eigenvalue weighted by molar-refractivity contribution is 0.569. The SMILES string of the molecule is CCC1=CCC=C1[Si](c1cc(C(C)(C)C)cc(C(C)(C)C)c1)(c1cc(C(C)(C)C)cc(C(C)(C)C)c1)c1cc(C(C)(C)C)cc(C(C)(C)C)c1. The van der Waals surface area contributed by atoms with E-state index in [1.54, 1.807) is 5.20 Å². The van der Waals surface area contributed by atoms with Gasteiger partial charge in [0.05, 0.1) is 0 Å². The molecule has 272 valence electrons. The molecule has 1 aliphatic carbocycles. The standard InChI is InChI=1S/C49H72Si/c1-20-33-22-21-23-43(33)50(40-27-34(44(2,3)4)24-35(28-40)45(5,6)7,41-29-36(46(8,9)10)25-37(30-41)47(11,12)13)42-31-38(48(14,15)16)26-39(32-42)49(17,18)19/h22-32H,20-21H2,1-19H3. The second-order valence-corrected chi connectivity index (χ2v) is 25.4. The zero-order valence-electron chi connectivity index (χ0n) is 35.8. The molecule has 0 nitrogen and oxygen atoms in total. The van der Waals surface area contributed by atoms with Gasteiger partial charge in [0.2, 0.25) is 0 Å². The summed E-state index contributed by atoms with van der Waals surface area (Å²) in [6.07, 6.45) is 7.22. The molecule has 1 aliphatic rings. The van der Waals surface area contributed by atoms with Crippen molar-refractivity contribution in [2.75, 3.05) is 0 Å². The van der Waals surface area contributed by atoms with Crippen molar-refractivity contribution in [3.8, 4) is 0 Å². The molecule has 3 aromatic carbocycles. The van der Waals surface area contributed by atoms with E-state index >= 15 is 0 Å². The van der Waals surface area contributed by atoms with E-state index in [0.29, 0.717) is 0 Å². The summed E-state index contributed by atoms with van der Waals surface area (Å²) in [5.74, 6) is 0. The van der Waals surface area contributed by atoms with Crippen molar-refractivity contribution in [2.45, 2.75) is 177 Å². The van der Waals surface area contributed by atoms with Crippen molar-refractivity contribution in [3.05, 3.63) is 111 Å². The van der Waals surface area contributed by atoms with Crippen molar-refractivity contribution >= 4 is 23.6 Å². The van der Waals surface area contributed by atoms with Crippen LogP contribution in [0.2, 0.25) is 0 Å². The fourth-order valence-electron chi connectivity index (χ4n) is 7.39. The molecule has 0 atom stereocenters. The van der Waals surface area contributed by atoms with E-state index in [1.807, 2.05) is 0 Å². The number of hydrogen-bond acceptors (Lipinski definition) is 0. The molecule has 0 saturated carbocycles. The molecule has 0 bridgehead atoms. The van der Waals surface area contributed by atoms with Gasteiger partial charge in [-0.05, 0) is 99.5 Å². The maximum atomic E-state index is 2.65. The predicted molar refractivity (Wildman–Crippen MR) is 227 cm³/mol. The third kappa shape index (κ3) is 8.04. The van der Waals surface area contributed by atoms with E-state index in [0.717, 1.165) is 12.8 Å². The van der Waals surface area contributed by atoms with Gasteiger partial charge in [-0.25, -0.2) is 0 Å². The molecule has 4 rings (SSSR count). The van der Waals surface area contributed by atoms with E-state index in [1.165, 1.54) is 54.5 Å². The predicted octanol–water partition coefficient (Wildman–Crippen LogP) is 12.1. The van der Waals surface area contributed by atoms with Gasteiger partial charge in [0, 0.05) is 0 Å². The van der Waals surface area contributed by atoms with Crippen LogP contribution in [0, 0.1) is 0 Å². The van der Waals surface area contributed by atoms with Gasteiger partial charge in [-0.15, -0.1) is 0 Å². The molecule has 0 aliphatic heterocycles. The molecule has 0 saturated heterocycles. The first kappa shape index (κ1) is 40.1. The van der Waals surface area contributed by atoms with E-state index in [9.17, 15) is 0 Å². The highest BCUT2D eigenvalue weighted by atomic mass is 28.3. The minimum Gasteiger partial charge on any atom is -0.0801 e. The Hall–Kier alpha value is -2.64. The van der Waals surface area contributed by atoms with E-state index in [2.05, 4.69) is 198 Å². The first-order valence-electron chi connectivity index (χ1n) is 19.4. The van der Waals surface area contributed by atoms with Crippen LogP contribution in [-0.2, 0) is 32.5 Å². The monoisotopic (exact) mass is 689 g/mol. The zero-order chi connectivity index (χ0) is 38.0. The Labute approximate surface area is 310 Å². The Balaban J connectivity index is 2.46. The smallest absolute Gasteiger partial charge is 0.0801 e. The lowest BCUT2D eigenvalue weighted by Crippen LogP contribution is -2.69. The summed E-state index contributed by atoms with van der Waals surface area (Å²) in [7, 11) is -2.94. The summed E-state index contributed by atoms with van der Waals surface area (Å²) >= 11 is 0. The van der Waals surface area contributed by atoms with Crippen LogP contribution in [0.25, 0.3) is 0 Å². The first-order valence-corrected chi connectivity index (χ1v) is 21.4. The van der Waals surface area contributed by atoms with Gasteiger partial charge >= 0.3 is 0 Å². The Morgan fingerprint density at radius 1 is 0.380 bits per heavy atom. The van der Waals surface area contributed by atoms with Gasteiger partial charge in [-0.2, -0.15) is 0 Å². The molecular weight excluding hydrogens is 617 g/mol. The van der Waals surface area contributed by atoms with Crippen molar-refractivity contribution < 1.29 is 0 Å². The van der Waals surface area contributed by atoms with Crippen molar-refractivity contribution in [1.29, 1.82) is 0 Å². The summed E-state index contributed by atoms with van der Waals surface area (Å²) < 4.78 is 0. The summed E-state index contributed by atoms with van der Waals surface area (Å²) in [4.78, 5) is 0. The minimum atomic E-state index is -2.94. The summed E-state index contributed by atoms with van der Waals surface area (Å²) in [5.41, 5.74) is 10.2. The van der Waals surface area contributed by atoms with E-state index < -0.39 is 8.07 Å². The highest BCUT2D eigenvalue weighted by Gasteiger charge is 2.47. The van der Waals surface area contributed by atoms with Gasteiger partial charge < -0.3 is 0 Å². The largest absolute Gasteiger partial charge is 0.179 e. The summed E-state index contributed by atoms with van der Waals surface area (Å²) in [6.45, 7) is 45.4. The van der Waals surface area contributed by atoms with Gasteiger partial charge in [0.15, 0.2) is 8.07 Å². The highest BCUT2D eigenvalue weighted by Crippen LogP contribution is 2.38. The first-order chi connectivity index (χ1) is 22.5. The molecule has 0 unspecified atom stereocenters. The van der Waals surface area contributed by atoms with Gasteiger partial charge in [-0.1, -0.05) is 204 Å². The topological polar surface area (TPSA) is 0 Å². The van der Waals surface area contributed by atoms with Crippen LogP contribution in [0.5, 0.6) is 0 Å². The molecule has 50 heavy (non-hydrogen) atoms. The summed E-state index contributed by atoms with van der Waals surface area (Å²) in [6, 6.07) is 23.4. The van der Waals surface area contributed by atoms with Crippen molar-refractivity contribution in [1.82, 2.24) is 0 Å². The normalized spacial score (nSPS) is 15.3.